The predicted octanol–water partition coefficient (Wildman–Crippen LogP) is 2.75. The molecule has 0 saturated carbocycles. The first kappa shape index (κ1) is 18.2. The first-order chi connectivity index (χ1) is 8.45. The van der Waals surface area contributed by atoms with Gasteiger partial charge in [0.2, 0.25) is 5.91 Å². The molecule has 0 saturated heterocycles. The molecule has 0 bridgehead atoms. The number of amides is 1. The molecule has 0 aromatic heterocycles. The Morgan fingerprint density at radius 3 is 2.32 bits per heavy atom. The second-order valence-corrected chi connectivity index (χ2v) is 5.20. The van der Waals surface area contributed by atoms with Crippen LogP contribution in [0.2, 0.25) is 5.02 Å². The number of carbonyl (C=O) groups excluding carboxylic acids is 1. The maximum absolute atomic E-state index is 12.0. The Balaban J connectivity index is 0.00000324. The summed E-state index contributed by atoms with van der Waals surface area (Å²) in [7, 11) is 1.83. The molecular weight excluding hydrogens is 283 g/mol. The first-order valence-electron chi connectivity index (χ1n) is 6.17. The number of likely N-dealkylation sites (N-methyl/N-ethyl adjacent to an activating group) is 1. The lowest BCUT2D eigenvalue weighted by molar-refractivity contribution is -0.135. The van der Waals surface area contributed by atoms with Crippen molar-refractivity contribution < 1.29 is 4.79 Å². The molecule has 0 fully saturated rings. The molecule has 1 aromatic rings. The Hall–Kier alpha value is -0.770. The van der Waals surface area contributed by atoms with Crippen LogP contribution >= 0.6 is 24.0 Å². The molecule has 1 aromatic carbocycles. The summed E-state index contributed by atoms with van der Waals surface area (Å²) in [6.07, 6.45) is 0.816. The molecule has 19 heavy (non-hydrogen) atoms. The van der Waals surface area contributed by atoms with E-state index in [1.165, 1.54) is 5.56 Å². The van der Waals surface area contributed by atoms with Crippen LogP contribution < -0.4 is 5.73 Å². The zero-order valence-corrected chi connectivity index (χ0v) is 13.2. The van der Waals surface area contributed by atoms with Crippen molar-refractivity contribution >= 4 is 29.9 Å². The van der Waals surface area contributed by atoms with Crippen molar-refractivity contribution in [1.82, 2.24) is 4.90 Å². The van der Waals surface area contributed by atoms with Gasteiger partial charge >= 0.3 is 0 Å². The van der Waals surface area contributed by atoms with Crippen LogP contribution in [0.5, 0.6) is 0 Å². The highest BCUT2D eigenvalue weighted by Gasteiger charge is 2.20. The summed E-state index contributed by atoms with van der Waals surface area (Å²) < 4.78 is 0. The van der Waals surface area contributed by atoms with Gasteiger partial charge in [0.05, 0.1) is 0 Å². The van der Waals surface area contributed by atoms with Gasteiger partial charge in [0.25, 0.3) is 0 Å². The molecule has 1 rings (SSSR count). The van der Waals surface area contributed by atoms with Crippen molar-refractivity contribution in [3.63, 3.8) is 0 Å². The van der Waals surface area contributed by atoms with Crippen molar-refractivity contribution in [1.29, 1.82) is 0 Å². The van der Waals surface area contributed by atoms with E-state index in [4.69, 9.17) is 17.3 Å². The molecule has 108 valence electrons. The largest absolute Gasteiger partial charge is 0.342 e. The van der Waals surface area contributed by atoms with Gasteiger partial charge in [-0.2, -0.15) is 0 Å². The Bertz CT molecular complexity index is 395. The zero-order chi connectivity index (χ0) is 13.7. The number of halogens is 2. The van der Waals surface area contributed by atoms with Gasteiger partial charge in [-0.05, 0) is 31.0 Å². The average Bonchev–Trinajstić information content (AvgIpc) is 2.38. The van der Waals surface area contributed by atoms with Crippen LogP contribution in [0, 0.1) is 5.92 Å². The van der Waals surface area contributed by atoms with E-state index in [0.29, 0.717) is 6.54 Å². The predicted molar refractivity (Wildman–Crippen MR) is 82.9 cm³/mol. The van der Waals surface area contributed by atoms with Crippen molar-refractivity contribution in [3.8, 4) is 0 Å². The molecule has 2 N–H and O–H groups in total. The van der Waals surface area contributed by atoms with Crippen LogP contribution in [0.3, 0.4) is 0 Å². The molecule has 0 spiro atoms. The minimum absolute atomic E-state index is 0. The minimum Gasteiger partial charge on any atom is -0.342 e. The third-order valence-electron chi connectivity index (χ3n) is 3.23. The summed E-state index contributed by atoms with van der Waals surface area (Å²) in [4.78, 5) is 13.8. The van der Waals surface area contributed by atoms with Gasteiger partial charge in [0.15, 0.2) is 0 Å². The summed E-state index contributed by atoms with van der Waals surface area (Å²) in [6, 6.07) is 7.86. The third-order valence-corrected chi connectivity index (χ3v) is 3.48. The monoisotopic (exact) mass is 304 g/mol. The fraction of sp³-hybridized carbons (Fsp3) is 0.500. The molecule has 0 radical (unpaired) electrons. The molecule has 0 aliphatic carbocycles. The molecule has 0 heterocycles. The molecule has 2 unspecified atom stereocenters. The smallest absolute Gasteiger partial charge is 0.226 e. The van der Waals surface area contributed by atoms with E-state index in [-0.39, 0.29) is 30.3 Å². The lowest BCUT2D eigenvalue weighted by atomic mass is 10.0. The highest BCUT2D eigenvalue weighted by Crippen LogP contribution is 2.13. The van der Waals surface area contributed by atoms with Gasteiger partial charge in [0.1, 0.15) is 0 Å². The van der Waals surface area contributed by atoms with Gasteiger partial charge in [-0.1, -0.05) is 30.7 Å². The Labute approximate surface area is 126 Å². The molecule has 5 heteroatoms. The van der Waals surface area contributed by atoms with Crippen LogP contribution in [-0.2, 0) is 11.2 Å². The number of benzene rings is 1. The molecular formula is C14H22Cl2N2O. The summed E-state index contributed by atoms with van der Waals surface area (Å²) in [6.45, 7) is 4.28. The minimum atomic E-state index is -0.123. The number of carbonyl (C=O) groups is 1. The van der Waals surface area contributed by atoms with Gasteiger partial charge in [0, 0.05) is 30.6 Å². The second-order valence-electron chi connectivity index (χ2n) is 4.77. The van der Waals surface area contributed by atoms with Gasteiger partial charge in [-0.15, -0.1) is 12.4 Å². The zero-order valence-electron chi connectivity index (χ0n) is 11.6. The van der Waals surface area contributed by atoms with E-state index in [0.717, 1.165) is 11.4 Å². The Kier molecular flexibility index (Phi) is 8.07. The molecule has 0 aliphatic rings. The molecule has 1 amide bonds. The SMILES string of the molecule is CC(CN)C(=O)N(C)C(C)Cc1ccc(Cl)cc1.Cl. The van der Waals surface area contributed by atoms with Crippen LogP contribution in [0.1, 0.15) is 19.4 Å². The van der Waals surface area contributed by atoms with E-state index >= 15 is 0 Å². The average molecular weight is 305 g/mol. The Morgan fingerprint density at radius 1 is 1.32 bits per heavy atom. The summed E-state index contributed by atoms with van der Waals surface area (Å²) >= 11 is 5.84. The van der Waals surface area contributed by atoms with Gasteiger partial charge < -0.3 is 10.6 Å². The highest BCUT2D eigenvalue weighted by atomic mass is 35.5. The summed E-state index contributed by atoms with van der Waals surface area (Å²) in [5.41, 5.74) is 6.69. The summed E-state index contributed by atoms with van der Waals surface area (Å²) in [5.74, 6) is -0.0263. The van der Waals surface area contributed by atoms with E-state index in [1.54, 1.807) is 4.90 Å². The van der Waals surface area contributed by atoms with Crippen LogP contribution in [0.4, 0.5) is 0 Å². The van der Waals surface area contributed by atoms with E-state index in [2.05, 4.69) is 0 Å². The van der Waals surface area contributed by atoms with E-state index in [1.807, 2.05) is 45.2 Å². The van der Waals surface area contributed by atoms with E-state index in [9.17, 15) is 4.79 Å². The van der Waals surface area contributed by atoms with Crippen LogP contribution in [0.25, 0.3) is 0 Å². The summed E-state index contributed by atoms with van der Waals surface area (Å²) in [5, 5.41) is 0.729. The fourth-order valence-corrected chi connectivity index (χ4v) is 1.89. The van der Waals surface area contributed by atoms with Crippen molar-refractivity contribution in [3.05, 3.63) is 34.9 Å². The van der Waals surface area contributed by atoms with Crippen LogP contribution in [-0.4, -0.2) is 30.4 Å². The fourth-order valence-electron chi connectivity index (χ4n) is 1.76. The van der Waals surface area contributed by atoms with Crippen molar-refractivity contribution in [2.45, 2.75) is 26.3 Å². The van der Waals surface area contributed by atoms with Crippen LogP contribution in [0.15, 0.2) is 24.3 Å². The van der Waals surface area contributed by atoms with Crippen molar-refractivity contribution in [2.75, 3.05) is 13.6 Å². The lowest BCUT2D eigenvalue weighted by Crippen LogP contribution is -2.41. The second kappa shape index (κ2) is 8.41. The number of nitrogens with two attached hydrogens (primary N) is 1. The molecule has 2 atom stereocenters. The first-order valence-corrected chi connectivity index (χ1v) is 6.54. The lowest BCUT2D eigenvalue weighted by Gasteiger charge is -2.27. The maximum atomic E-state index is 12.0. The highest BCUT2D eigenvalue weighted by molar-refractivity contribution is 6.30. The number of hydrogen-bond donors (Lipinski definition) is 1. The number of rotatable bonds is 5. The van der Waals surface area contributed by atoms with Gasteiger partial charge in [-0.25, -0.2) is 0 Å². The van der Waals surface area contributed by atoms with E-state index < -0.39 is 0 Å². The standard InChI is InChI=1S/C14H21ClN2O.ClH/c1-10(9-16)14(18)17(3)11(2)8-12-4-6-13(15)7-5-12;/h4-7,10-11H,8-9,16H2,1-3H3;1H. The van der Waals surface area contributed by atoms with Crippen molar-refractivity contribution in [2.24, 2.45) is 11.7 Å². The number of hydrogen-bond acceptors (Lipinski definition) is 2. The topological polar surface area (TPSA) is 46.3 Å². The normalized spacial score (nSPS) is 13.3. The molecule has 3 nitrogen and oxygen atoms in total. The maximum Gasteiger partial charge on any atom is 0.226 e. The third kappa shape index (κ3) is 5.39. The number of nitrogens with zero attached hydrogens (tertiary/aromatic N) is 1. The molecule has 0 aliphatic heterocycles. The van der Waals surface area contributed by atoms with Gasteiger partial charge in [-0.3, -0.25) is 4.79 Å². The quantitative estimate of drug-likeness (QED) is 0.909. The Morgan fingerprint density at radius 2 is 1.84 bits per heavy atom.